The van der Waals surface area contributed by atoms with Crippen molar-refractivity contribution in [1.82, 2.24) is 0 Å². The Balaban J connectivity index is 2.93. The molecule has 19 heavy (non-hydrogen) atoms. The van der Waals surface area contributed by atoms with Crippen molar-refractivity contribution < 1.29 is 4.79 Å². The van der Waals surface area contributed by atoms with Crippen molar-refractivity contribution in [3.8, 4) is 0 Å². The van der Waals surface area contributed by atoms with E-state index in [4.69, 9.17) is 23.2 Å². The first kappa shape index (κ1) is 16.5. The van der Waals surface area contributed by atoms with E-state index < -0.39 is 0 Å². The molecule has 0 heterocycles. The molecule has 0 unspecified atom stereocenters. The molecule has 0 N–H and O–H groups in total. The van der Waals surface area contributed by atoms with Crippen LogP contribution < -0.4 is 0 Å². The predicted molar refractivity (Wildman–Crippen MR) is 83.2 cm³/mol. The fourth-order valence-corrected chi connectivity index (χ4v) is 2.52. The average molecular weight is 301 g/mol. The Morgan fingerprint density at radius 3 is 2.21 bits per heavy atom. The van der Waals surface area contributed by atoms with Crippen molar-refractivity contribution in [3.63, 3.8) is 0 Å². The van der Waals surface area contributed by atoms with Gasteiger partial charge in [0.2, 0.25) is 0 Å². The molecule has 3 heteroatoms. The molecular formula is C16H22Cl2O. The Kier molecular flexibility index (Phi) is 5.08. The first-order valence-corrected chi connectivity index (χ1v) is 7.29. The SMILES string of the molecule is CC(=O)C(C)(C)CCC(C)(C)c1cccc(Cl)c1Cl. The summed E-state index contributed by atoms with van der Waals surface area (Å²) < 4.78 is 0. The highest BCUT2D eigenvalue weighted by molar-refractivity contribution is 6.42. The maximum atomic E-state index is 11.6. The van der Waals surface area contributed by atoms with Crippen LogP contribution in [0.5, 0.6) is 0 Å². The predicted octanol–water partition coefficient (Wildman–Crippen LogP) is 5.67. The fourth-order valence-electron chi connectivity index (χ4n) is 1.96. The fraction of sp³-hybridized carbons (Fsp3) is 0.562. The maximum Gasteiger partial charge on any atom is 0.135 e. The molecule has 1 rings (SSSR count). The molecule has 106 valence electrons. The van der Waals surface area contributed by atoms with Crippen LogP contribution in [0, 0.1) is 5.41 Å². The van der Waals surface area contributed by atoms with Crippen molar-refractivity contribution >= 4 is 29.0 Å². The van der Waals surface area contributed by atoms with E-state index in [1.807, 2.05) is 26.0 Å². The van der Waals surface area contributed by atoms with Crippen LogP contribution in [0.1, 0.15) is 53.0 Å². The van der Waals surface area contributed by atoms with Crippen molar-refractivity contribution in [1.29, 1.82) is 0 Å². The minimum Gasteiger partial charge on any atom is -0.299 e. The highest BCUT2D eigenvalue weighted by atomic mass is 35.5. The third-order valence-corrected chi connectivity index (χ3v) is 4.83. The molecule has 0 aromatic heterocycles. The second kappa shape index (κ2) is 5.85. The average Bonchev–Trinajstić information content (AvgIpc) is 2.30. The van der Waals surface area contributed by atoms with Crippen LogP contribution in [0.2, 0.25) is 10.0 Å². The van der Waals surface area contributed by atoms with Gasteiger partial charge in [-0.25, -0.2) is 0 Å². The van der Waals surface area contributed by atoms with E-state index in [1.165, 1.54) is 0 Å². The Labute approximate surface area is 126 Å². The number of carbonyl (C=O) groups excluding carboxylic acids is 1. The molecule has 0 saturated carbocycles. The molecule has 0 aliphatic carbocycles. The zero-order chi connectivity index (χ0) is 14.8. The molecule has 1 nitrogen and oxygen atoms in total. The molecule has 0 amide bonds. The lowest BCUT2D eigenvalue weighted by molar-refractivity contribution is -0.125. The van der Waals surface area contributed by atoms with Crippen LogP contribution >= 0.6 is 23.2 Å². The van der Waals surface area contributed by atoms with Crippen molar-refractivity contribution in [2.24, 2.45) is 5.41 Å². The van der Waals surface area contributed by atoms with Crippen molar-refractivity contribution in [2.75, 3.05) is 0 Å². The number of ketones is 1. The number of Topliss-reactive ketones (excluding diaryl/α,β-unsaturated/α-hetero) is 1. The summed E-state index contributed by atoms with van der Waals surface area (Å²) in [6, 6.07) is 5.72. The summed E-state index contributed by atoms with van der Waals surface area (Å²) in [6.45, 7) is 9.91. The molecule has 0 saturated heterocycles. The lowest BCUT2D eigenvalue weighted by Gasteiger charge is -2.31. The maximum absolute atomic E-state index is 11.6. The minimum atomic E-state index is -0.289. The standard InChI is InChI=1S/C16H22Cl2O/c1-11(19)15(2,3)9-10-16(4,5)12-7-6-8-13(17)14(12)18/h6-8H,9-10H2,1-5H3. The normalized spacial score (nSPS) is 12.6. The Morgan fingerprint density at radius 1 is 1.11 bits per heavy atom. The molecular weight excluding hydrogens is 279 g/mol. The van der Waals surface area contributed by atoms with Gasteiger partial charge in [-0.3, -0.25) is 4.79 Å². The van der Waals surface area contributed by atoms with Crippen LogP contribution in [0.4, 0.5) is 0 Å². The summed E-state index contributed by atoms with van der Waals surface area (Å²) in [5, 5.41) is 1.20. The number of halogens is 2. The summed E-state index contributed by atoms with van der Waals surface area (Å²) in [7, 11) is 0. The number of rotatable bonds is 5. The van der Waals surface area contributed by atoms with Gasteiger partial charge in [0.15, 0.2) is 0 Å². The Bertz CT molecular complexity index is 476. The lowest BCUT2D eigenvalue weighted by Crippen LogP contribution is -2.26. The van der Waals surface area contributed by atoms with Gasteiger partial charge in [0.25, 0.3) is 0 Å². The summed E-state index contributed by atoms with van der Waals surface area (Å²) in [5.74, 6) is 0.223. The van der Waals surface area contributed by atoms with Gasteiger partial charge >= 0.3 is 0 Å². The number of hydrogen-bond donors (Lipinski definition) is 0. The Hall–Kier alpha value is -0.530. The minimum absolute atomic E-state index is 0.102. The van der Waals surface area contributed by atoms with Crippen LogP contribution in [0.15, 0.2) is 18.2 Å². The molecule has 0 bridgehead atoms. The first-order chi connectivity index (χ1) is 8.58. The number of hydrogen-bond acceptors (Lipinski definition) is 1. The monoisotopic (exact) mass is 300 g/mol. The van der Waals surface area contributed by atoms with Gasteiger partial charge in [0, 0.05) is 5.41 Å². The van der Waals surface area contributed by atoms with E-state index in [2.05, 4.69) is 13.8 Å². The van der Waals surface area contributed by atoms with Gasteiger partial charge in [-0.2, -0.15) is 0 Å². The molecule has 1 aromatic carbocycles. The second-order valence-corrected chi connectivity index (χ2v) is 7.21. The van der Waals surface area contributed by atoms with E-state index in [1.54, 1.807) is 13.0 Å². The molecule has 0 spiro atoms. The highest BCUT2D eigenvalue weighted by Crippen LogP contribution is 2.39. The highest BCUT2D eigenvalue weighted by Gasteiger charge is 2.30. The van der Waals surface area contributed by atoms with Crippen LogP contribution in [-0.4, -0.2) is 5.78 Å². The third-order valence-electron chi connectivity index (χ3n) is 4.01. The summed E-state index contributed by atoms with van der Waals surface area (Å²) in [6.07, 6.45) is 1.72. The van der Waals surface area contributed by atoms with Crippen LogP contribution in [0.3, 0.4) is 0 Å². The largest absolute Gasteiger partial charge is 0.299 e. The van der Waals surface area contributed by atoms with Gasteiger partial charge in [-0.15, -0.1) is 0 Å². The molecule has 0 aliphatic rings. The van der Waals surface area contributed by atoms with Crippen molar-refractivity contribution in [3.05, 3.63) is 33.8 Å². The second-order valence-electron chi connectivity index (χ2n) is 6.43. The van der Waals surface area contributed by atoms with E-state index in [9.17, 15) is 4.79 Å². The summed E-state index contributed by atoms with van der Waals surface area (Å²) in [5.41, 5.74) is 0.651. The van der Waals surface area contributed by atoms with Gasteiger partial charge in [-0.1, -0.05) is 63.0 Å². The molecule has 0 fully saturated rings. The quantitative estimate of drug-likeness (QED) is 0.685. The zero-order valence-corrected chi connectivity index (χ0v) is 13.8. The van der Waals surface area contributed by atoms with E-state index in [0.29, 0.717) is 10.0 Å². The first-order valence-electron chi connectivity index (χ1n) is 6.53. The van der Waals surface area contributed by atoms with Gasteiger partial charge in [0.05, 0.1) is 10.0 Å². The van der Waals surface area contributed by atoms with E-state index >= 15 is 0 Å². The number of benzene rings is 1. The molecule has 1 aromatic rings. The number of carbonyl (C=O) groups is 1. The van der Waals surface area contributed by atoms with Gasteiger partial charge < -0.3 is 0 Å². The summed E-state index contributed by atoms with van der Waals surface area (Å²) in [4.78, 5) is 11.6. The zero-order valence-electron chi connectivity index (χ0n) is 12.3. The van der Waals surface area contributed by atoms with Crippen LogP contribution in [0.25, 0.3) is 0 Å². The molecule has 0 radical (unpaired) electrons. The summed E-state index contributed by atoms with van der Waals surface area (Å²) >= 11 is 12.4. The molecule has 0 aliphatic heterocycles. The van der Waals surface area contributed by atoms with E-state index in [0.717, 1.165) is 18.4 Å². The molecule has 0 atom stereocenters. The lowest BCUT2D eigenvalue weighted by atomic mass is 9.74. The third kappa shape index (κ3) is 3.97. The topological polar surface area (TPSA) is 17.1 Å². The van der Waals surface area contributed by atoms with E-state index in [-0.39, 0.29) is 16.6 Å². The smallest absolute Gasteiger partial charge is 0.135 e. The van der Waals surface area contributed by atoms with Crippen LogP contribution in [-0.2, 0) is 10.2 Å². The van der Waals surface area contributed by atoms with Gasteiger partial charge in [0.1, 0.15) is 5.78 Å². The van der Waals surface area contributed by atoms with Crippen molar-refractivity contribution in [2.45, 2.75) is 52.9 Å². The Morgan fingerprint density at radius 2 is 1.68 bits per heavy atom. The van der Waals surface area contributed by atoms with Gasteiger partial charge in [-0.05, 0) is 36.8 Å².